The summed E-state index contributed by atoms with van der Waals surface area (Å²) >= 11 is 0. The van der Waals surface area contributed by atoms with Gasteiger partial charge in [0.05, 0.1) is 18.6 Å². The van der Waals surface area contributed by atoms with E-state index in [0.29, 0.717) is 11.3 Å². The summed E-state index contributed by atoms with van der Waals surface area (Å²) in [6.45, 7) is 1.49. The quantitative estimate of drug-likeness (QED) is 0.827. The highest BCUT2D eigenvalue weighted by atomic mass is 32.2. The minimum Gasteiger partial charge on any atom is -0.496 e. The summed E-state index contributed by atoms with van der Waals surface area (Å²) in [7, 11) is -2.42. The first-order chi connectivity index (χ1) is 10.4. The standard InChI is InChI=1S/C16H18O5S/c1-12-7-9-13(10-8-12)22(18,19)21-11-15(17)14-5-3-4-6-16(14)20-2/h3-10,15,17H,11H2,1-2H3/t15-/m0/s1. The third-order valence-corrected chi connectivity index (χ3v) is 4.48. The van der Waals surface area contributed by atoms with Crippen LogP contribution in [0.1, 0.15) is 17.2 Å². The lowest BCUT2D eigenvalue weighted by Gasteiger charge is -2.14. The topological polar surface area (TPSA) is 72.8 Å². The van der Waals surface area contributed by atoms with E-state index in [2.05, 4.69) is 0 Å². The van der Waals surface area contributed by atoms with Crippen LogP contribution in [-0.4, -0.2) is 27.2 Å². The molecule has 0 fully saturated rings. The van der Waals surface area contributed by atoms with Gasteiger partial charge in [-0.1, -0.05) is 35.9 Å². The normalized spacial score (nSPS) is 12.9. The molecular formula is C16H18O5S. The molecule has 0 unspecified atom stereocenters. The fraction of sp³-hybridized carbons (Fsp3) is 0.250. The van der Waals surface area contributed by atoms with Crippen LogP contribution in [0.15, 0.2) is 53.4 Å². The van der Waals surface area contributed by atoms with Crippen molar-refractivity contribution < 1.29 is 22.4 Å². The summed E-state index contributed by atoms with van der Waals surface area (Å²) < 4.78 is 34.2. The van der Waals surface area contributed by atoms with Crippen molar-refractivity contribution in [1.82, 2.24) is 0 Å². The van der Waals surface area contributed by atoms with Crippen LogP contribution in [0.5, 0.6) is 5.75 Å². The van der Waals surface area contributed by atoms with Crippen LogP contribution < -0.4 is 4.74 Å². The van der Waals surface area contributed by atoms with E-state index in [-0.39, 0.29) is 11.5 Å². The molecule has 0 amide bonds. The molecule has 6 heteroatoms. The van der Waals surface area contributed by atoms with Crippen LogP contribution in [0.4, 0.5) is 0 Å². The van der Waals surface area contributed by atoms with Gasteiger partial charge in [-0.25, -0.2) is 0 Å². The summed E-state index contributed by atoms with van der Waals surface area (Å²) in [4.78, 5) is 0.0605. The Morgan fingerprint density at radius 1 is 1.09 bits per heavy atom. The Morgan fingerprint density at radius 2 is 1.73 bits per heavy atom. The monoisotopic (exact) mass is 322 g/mol. The lowest BCUT2D eigenvalue weighted by atomic mass is 10.1. The molecule has 22 heavy (non-hydrogen) atoms. The summed E-state index contributed by atoms with van der Waals surface area (Å²) in [5, 5.41) is 10.1. The zero-order valence-corrected chi connectivity index (χ0v) is 13.2. The fourth-order valence-corrected chi connectivity index (χ4v) is 2.87. The second-order valence-electron chi connectivity index (χ2n) is 4.81. The van der Waals surface area contributed by atoms with E-state index in [4.69, 9.17) is 8.92 Å². The second kappa shape index (κ2) is 6.91. The molecule has 0 heterocycles. The first-order valence-corrected chi connectivity index (χ1v) is 8.12. The zero-order chi connectivity index (χ0) is 16.2. The van der Waals surface area contributed by atoms with Crippen molar-refractivity contribution in [3.8, 4) is 5.75 Å². The number of benzene rings is 2. The van der Waals surface area contributed by atoms with Crippen molar-refractivity contribution in [3.05, 3.63) is 59.7 Å². The zero-order valence-electron chi connectivity index (χ0n) is 12.4. The van der Waals surface area contributed by atoms with Gasteiger partial charge < -0.3 is 9.84 Å². The van der Waals surface area contributed by atoms with Gasteiger partial charge in [-0.15, -0.1) is 0 Å². The number of aliphatic hydroxyl groups is 1. The van der Waals surface area contributed by atoms with Crippen LogP contribution in [0.2, 0.25) is 0 Å². The number of hydrogen-bond acceptors (Lipinski definition) is 5. The molecule has 1 atom stereocenters. The first kappa shape index (κ1) is 16.5. The molecule has 0 aliphatic heterocycles. The number of rotatable bonds is 6. The van der Waals surface area contributed by atoms with E-state index in [9.17, 15) is 13.5 Å². The average Bonchev–Trinajstić information content (AvgIpc) is 2.53. The Hall–Kier alpha value is -1.89. The Balaban J connectivity index is 2.10. The predicted octanol–water partition coefficient (Wildman–Crippen LogP) is 2.44. The molecule has 0 saturated heterocycles. The van der Waals surface area contributed by atoms with Gasteiger partial charge in [0, 0.05) is 5.56 Å². The van der Waals surface area contributed by atoms with Crippen LogP contribution in [0.25, 0.3) is 0 Å². The van der Waals surface area contributed by atoms with Crippen LogP contribution >= 0.6 is 0 Å². The van der Waals surface area contributed by atoms with E-state index >= 15 is 0 Å². The summed E-state index contributed by atoms with van der Waals surface area (Å²) in [5.74, 6) is 0.478. The second-order valence-corrected chi connectivity index (χ2v) is 6.42. The minimum absolute atomic E-state index is 0.0605. The number of aryl methyl sites for hydroxylation is 1. The molecule has 2 rings (SSSR count). The average molecular weight is 322 g/mol. The van der Waals surface area contributed by atoms with Crippen molar-refractivity contribution in [3.63, 3.8) is 0 Å². The Morgan fingerprint density at radius 3 is 2.36 bits per heavy atom. The molecule has 0 spiro atoms. The van der Waals surface area contributed by atoms with Crippen molar-refractivity contribution in [2.75, 3.05) is 13.7 Å². The minimum atomic E-state index is -3.90. The molecule has 0 bridgehead atoms. The molecule has 0 saturated carbocycles. The molecule has 5 nitrogen and oxygen atoms in total. The third kappa shape index (κ3) is 3.85. The van der Waals surface area contributed by atoms with Gasteiger partial charge in [-0.2, -0.15) is 8.42 Å². The molecule has 2 aromatic rings. The van der Waals surface area contributed by atoms with Crippen LogP contribution in [-0.2, 0) is 14.3 Å². The summed E-state index contributed by atoms with van der Waals surface area (Å²) in [6.07, 6.45) is -1.10. The summed E-state index contributed by atoms with van der Waals surface area (Å²) in [5.41, 5.74) is 1.43. The molecule has 0 radical (unpaired) electrons. The van der Waals surface area contributed by atoms with Crippen molar-refractivity contribution in [2.45, 2.75) is 17.9 Å². The van der Waals surface area contributed by atoms with E-state index in [1.807, 2.05) is 6.92 Å². The van der Waals surface area contributed by atoms with Gasteiger partial charge in [-0.05, 0) is 25.1 Å². The van der Waals surface area contributed by atoms with Crippen molar-refractivity contribution >= 4 is 10.1 Å². The number of ether oxygens (including phenoxy) is 1. The van der Waals surface area contributed by atoms with Gasteiger partial charge in [0.15, 0.2) is 0 Å². The number of para-hydroxylation sites is 1. The molecule has 2 aromatic carbocycles. The van der Waals surface area contributed by atoms with E-state index in [1.54, 1.807) is 36.4 Å². The lowest BCUT2D eigenvalue weighted by molar-refractivity contribution is 0.109. The lowest BCUT2D eigenvalue weighted by Crippen LogP contribution is -2.14. The van der Waals surface area contributed by atoms with Gasteiger partial charge in [0.25, 0.3) is 10.1 Å². The van der Waals surface area contributed by atoms with E-state index in [1.165, 1.54) is 19.2 Å². The largest absolute Gasteiger partial charge is 0.496 e. The Kier molecular flexibility index (Phi) is 5.18. The molecule has 0 aromatic heterocycles. The SMILES string of the molecule is COc1ccccc1[C@@H](O)COS(=O)(=O)c1ccc(C)cc1. The van der Waals surface area contributed by atoms with Gasteiger partial charge >= 0.3 is 0 Å². The van der Waals surface area contributed by atoms with Gasteiger partial charge in [0.2, 0.25) is 0 Å². The van der Waals surface area contributed by atoms with E-state index in [0.717, 1.165) is 5.56 Å². The maximum atomic E-state index is 12.1. The smallest absolute Gasteiger partial charge is 0.297 e. The Labute approximate surface area is 130 Å². The molecular weight excluding hydrogens is 304 g/mol. The predicted molar refractivity (Wildman–Crippen MR) is 82.3 cm³/mol. The van der Waals surface area contributed by atoms with Gasteiger partial charge in [0.1, 0.15) is 11.9 Å². The maximum Gasteiger partial charge on any atom is 0.297 e. The highest BCUT2D eigenvalue weighted by molar-refractivity contribution is 7.86. The summed E-state index contributed by atoms with van der Waals surface area (Å²) in [6, 6.07) is 13.2. The maximum absolute atomic E-state index is 12.1. The Bertz CT molecular complexity index is 722. The highest BCUT2D eigenvalue weighted by Crippen LogP contribution is 2.25. The molecule has 0 aliphatic rings. The van der Waals surface area contributed by atoms with Crippen molar-refractivity contribution in [1.29, 1.82) is 0 Å². The molecule has 1 N–H and O–H groups in total. The van der Waals surface area contributed by atoms with Gasteiger partial charge in [-0.3, -0.25) is 4.18 Å². The van der Waals surface area contributed by atoms with Crippen LogP contribution in [0.3, 0.4) is 0 Å². The fourth-order valence-electron chi connectivity index (χ4n) is 1.96. The molecule has 118 valence electrons. The number of hydrogen-bond donors (Lipinski definition) is 1. The van der Waals surface area contributed by atoms with Crippen molar-refractivity contribution in [2.24, 2.45) is 0 Å². The number of aliphatic hydroxyl groups excluding tert-OH is 1. The molecule has 0 aliphatic carbocycles. The number of methoxy groups -OCH3 is 1. The highest BCUT2D eigenvalue weighted by Gasteiger charge is 2.19. The first-order valence-electron chi connectivity index (χ1n) is 6.71. The van der Waals surface area contributed by atoms with E-state index < -0.39 is 16.2 Å². The van der Waals surface area contributed by atoms with Crippen LogP contribution in [0, 0.1) is 6.92 Å². The third-order valence-electron chi connectivity index (χ3n) is 3.19.